The predicted octanol–water partition coefficient (Wildman–Crippen LogP) is 4.52. The zero-order valence-corrected chi connectivity index (χ0v) is 12.4. The first-order valence-electron chi connectivity index (χ1n) is 5.92. The summed E-state index contributed by atoms with van der Waals surface area (Å²) in [5.74, 6) is -1.21. The molecule has 0 aliphatic carbocycles. The third-order valence-corrected chi connectivity index (χ3v) is 3.27. The van der Waals surface area contributed by atoms with Gasteiger partial charge in [-0.1, -0.05) is 52.9 Å². The Kier molecular flexibility index (Phi) is 5.13. The van der Waals surface area contributed by atoms with E-state index >= 15 is 0 Å². The van der Waals surface area contributed by atoms with Crippen LogP contribution in [0.4, 0.5) is 8.78 Å². The highest BCUT2D eigenvalue weighted by Gasteiger charge is 2.14. The standard InChI is InChI=1S/C15H13F2IO/c16-13-6-7-14(12(8-9-18)15(13)17)19-10-11-4-2-1-3-5-11/h1-7H,8-10H2. The molecule has 100 valence electrons. The molecule has 1 nitrogen and oxygen atoms in total. The van der Waals surface area contributed by atoms with Crippen molar-refractivity contribution in [3.8, 4) is 5.75 Å². The average molecular weight is 374 g/mol. The molecule has 0 amide bonds. The third-order valence-electron chi connectivity index (χ3n) is 2.73. The summed E-state index contributed by atoms with van der Waals surface area (Å²) < 4.78 is 33.2. The fourth-order valence-corrected chi connectivity index (χ4v) is 2.31. The highest BCUT2D eigenvalue weighted by molar-refractivity contribution is 14.1. The summed E-state index contributed by atoms with van der Waals surface area (Å²) in [6.45, 7) is 0.347. The van der Waals surface area contributed by atoms with Crippen molar-refractivity contribution in [2.24, 2.45) is 0 Å². The van der Waals surface area contributed by atoms with Crippen molar-refractivity contribution in [2.45, 2.75) is 13.0 Å². The maximum absolute atomic E-state index is 13.7. The van der Waals surface area contributed by atoms with E-state index in [-0.39, 0.29) is 0 Å². The lowest BCUT2D eigenvalue weighted by Gasteiger charge is -2.12. The molecule has 0 unspecified atom stereocenters. The first kappa shape index (κ1) is 14.2. The lowest BCUT2D eigenvalue weighted by Crippen LogP contribution is -2.03. The van der Waals surface area contributed by atoms with Gasteiger partial charge in [0, 0.05) is 9.99 Å². The number of rotatable bonds is 5. The molecule has 0 radical (unpaired) electrons. The van der Waals surface area contributed by atoms with Gasteiger partial charge in [-0.05, 0) is 24.1 Å². The van der Waals surface area contributed by atoms with Crippen molar-refractivity contribution < 1.29 is 13.5 Å². The second-order valence-electron chi connectivity index (χ2n) is 4.05. The van der Waals surface area contributed by atoms with Crippen LogP contribution in [0.1, 0.15) is 11.1 Å². The number of ether oxygens (including phenoxy) is 1. The minimum Gasteiger partial charge on any atom is -0.489 e. The SMILES string of the molecule is Fc1ccc(OCc2ccccc2)c(CCI)c1F. The van der Waals surface area contributed by atoms with E-state index in [2.05, 4.69) is 22.6 Å². The molecule has 19 heavy (non-hydrogen) atoms. The van der Waals surface area contributed by atoms with Gasteiger partial charge in [0.15, 0.2) is 11.6 Å². The number of halogens is 3. The van der Waals surface area contributed by atoms with Crippen molar-refractivity contribution in [1.29, 1.82) is 0 Å². The summed E-state index contributed by atoms with van der Waals surface area (Å²) >= 11 is 2.13. The molecule has 0 aliphatic rings. The van der Waals surface area contributed by atoms with Crippen molar-refractivity contribution in [3.05, 3.63) is 65.2 Å². The molecule has 0 bridgehead atoms. The average Bonchev–Trinajstić information content (AvgIpc) is 2.44. The molecular weight excluding hydrogens is 361 g/mol. The summed E-state index contributed by atoms with van der Waals surface area (Å²) in [5, 5.41) is 0. The Morgan fingerprint density at radius 1 is 1.00 bits per heavy atom. The minimum absolute atomic E-state index is 0.310. The van der Waals surface area contributed by atoms with Crippen LogP contribution < -0.4 is 4.74 Å². The van der Waals surface area contributed by atoms with Gasteiger partial charge in [0.1, 0.15) is 12.4 Å². The van der Waals surface area contributed by atoms with E-state index in [1.165, 1.54) is 6.07 Å². The summed E-state index contributed by atoms with van der Waals surface area (Å²) in [5.41, 5.74) is 1.30. The second-order valence-corrected chi connectivity index (χ2v) is 5.13. The Morgan fingerprint density at radius 2 is 1.74 bits per heavy atom. The van der Waals surface area contributed by atoms with E-state index in [0.717, 1.165) is 11.6 Å². The van der Waals surface area contributed by atoms with Gasteiger partial charge in [-0.25, -0.2) is 8.78 Å². The number of benzene rings is 2. The van der Waals surface area contributed by atoms with Gasteiger partial charge in [-0.3, -0.25) is 0 Å². The Labute approximate surface area is 124 Å². The van der Waals surface area contributed by atoms with Crippen LogP contribution in [0.25, 0.3) is 0 Å². The Bertz CT molecular complexity index is 543. The first-order chi connectivity index (χ1) is 9.22. The normalized spacial score (nSPS) is 10.5. The van der Waals surface area contributed by atoms with Gasteiger partial charge in [0.05, 0.1) is 0 Å². The lowest BCUT2D eigenvalue weighted by atomic mass is 10.1. The monoisotopic (exact) mass is 374 g/mol. The lowest BCUT2D eigenvalue weighted by molar-refractivity contribution is 0.299. The highest BCUT2D eigenvalue weighted by Crippen LogP contribution is 2.25. The number of hydrogen-bond acceptors (Lipinski definition) is 1. The molecule has 0 spiro atoms. The minimum atomic E-state index is -0.827. The molecule has 0 saturated carbocycles. The number of alkyl halides is 1. The van der Waals surface area contributed by atoms with E-state index in [4.69, 9.17) is 4.74 Å². The van der Waals surface area contributed by atoms with Crippen LogP contribution in [0.15, 0.2) is 42.5 Å². The topological polar surface area (TPSA) is 9.23 Å². The van der Waals surface area contributed by atoms with E-state index in [9.17, 15) is 8.78 Å². The number of hydrogen-bond donors (Lipinski definition) is 0. The Morgan fingerprint density at radius 3 is 2.42 bits per heavy atom. The molecule has 0 fully saturated rings. The van der Waals surface area contributed by atoms with E-state index in [0.29, 0.717) is 28.8 Å². The summed E-state index contributed by atoms with van der Waals surface area (Å²) in [4.78, 5) is 0. The fourth-order valence-electron chi connectivity index (χ4n) is 1.77. The van der Waals surface area contributed by atoms with E-state index in [1.54, 1.807) is 0 Å². The van der Waals surface area contributed by atoms with E-state index < -0.39 is 11.6 Å². The van der Waals surface area contributed by atoms with Gasteiger partial charge in [-0.15, -0.1) is 0 Å². The summed E-state index contributed by atoms with van der Waals surface area (Å²) in [7, 11) is 0. The Hall–Kier alpha value is -1.17. The van der Waals surface area contributed by atoms with Gasteiger partial charge in [0.2, 0.25) is 0 Å². The molecule has 4 heteroatoms. The van der Waals surface area contributed by atoms with Crippen molar-refractivity contribution in [1.82, 2.24) is 0 Å². The van der Waals surface area contributed by atoms with Crippen LogP contribution in [0.5, 0.6) is 5.75 Å². The van der Waals surface area contributed by atoms with Crippen molar-refractivity contribution in [3.63, 3.8) is 0 Å². The maximum Gasteiger partial charge on any atom is 0.165 e. The molecule has 0 N–H and O–H groups in total. The van der Waals surface area contributed by atoms with Gasteiger partial charge in [0.25, 0.3) is 0 Å². The molecule has 0 aliphatic heterocycles. The quantitative estimate of drug-likeness (QED) is 0.552. The van der Waals surface area contributed by atoms with Gasteiger partial charge in [-0.2, -0.15) is 0 Å². The van der Waals surface area contributed by atoms with Crippen LogP contribution in [0.2, 0.25) is 0 Å². The molecule has 0 atom stereocenters. The van der Waals surface area contributed by atoms with Gasteiger partial charge < -0.3 is 4.74 Å². The fraction of sp³-hybridized carbons (Fsp3) is 0.200. The first-order valence-corrected chi connectivity index (χ1v) is 7.44. The molecule has 2 rings (SSSR count). The van der Waals surface area contributed by atoms with Crippen LogP contribution >= 0.6 is 22.6 Å². The highest BCUT2D eigenvalue weighted by atomic mass is 127. The van der Waals surface area contributed by atoms with Crippen LogP contribution in [-0.2, 0) is 13.0 Å². The third kappa shape index (κ3) is 3.65. The summed E-state index contributed by atoms with van der Waals surface area (Å²) in [6, 6.07) is 12.2. The smallest absolute Gasteiger partial charge is 0.165 e. The Balaban J connectivity index is 2.18. The van der Waals surface area contributed by atoms with Crippen LogP contribution in [0.3, 0.4) is 0 Å². The zero-order chi connectivity index (χ0) is 13.7. The largest absolute Gasteiger partial charge is 0.489 e. The van der Waals surface area contributed by atoms with Gasteiger partial charge >= 0.3 is 0 Å². The van der Waals surface area contributed by atoms with E-state index in [1.807, 2.05) is 30.3 Å². The second kappa shape index (κ2) is 6.84. The predicted molar refractivity (Wildman–Crippen MR) is 79.7 cm³/mol. The molecular formula is C15H13F2IO. The molecule has 0 heterocycles. The van der Waals surface area contributed by atoms with Crippen molar-refractivity contribution >= 4 is 22.6 Å². The maximum atomic E-state index is 13.7. The molecule has 2 aromatic carbocycles. The molecule has 2 aromatic rings. The van der Waals surface area contributed by atoms with Crippen molar-refractivity contribution in [2.75, 3.05) is 4.43 Å². The van der Waals surface area contributed by atoms with Crippen LogP contribution in [-0.4, -0.2) is 4.43 Å². The van der Waals surface area contributed by atoms with Crippen LogP contribution in [0, 0.1) is 11.6 Å². The summed E-state index contributed by atoms with van der Waals surface area (Å²) in [6.07, 6.45) is 0.453. The zero-order valence-electron chi connectivity index (χ0n) is 10.2. The molecule has 0 saturated heterocycles. The molecule has 0 aromatic heterocycles.